The van der Waals surface area contributed by atoms with Crippen molar-refractivity contribution in [2.75, 3.05) is 0 Å². The number of rotatable bonds is 2. The summed E-state index contributed by atoms with van der Waals surface area (Å²) in [6, 6.07) is 0. The summed E-state index contributed by atoms with van der Waals surface area (Å²) in [6.45, 7) is 0. The van der Waals surface area contributed by atoms with Crippen LogP contribution in [0.3, 0.4) is 0 Å². The molecule has 0 saturated carbocycles. The van der Waals surface area contributed by atoms with Gasteiger partial charge in [-0.05, 0) is 20.9 Å². The zero-order chi connectivity index (χ0) is 10.3. The van der Waals surface area contributed by atoms with Crippen molar-refractivity contribution in [3.63, 3.8) is 0 Å². The lowest BCUT2D eigenvalue weighted by molar-refractivity contribution is -0.388. The highest BCUT2D eigenvalue weighted by Gasteiger charge is 2.14. The van der Waals surface area contributed by atoms with Gasteiger partial charge in [-0.3, -0.25) is 0 Å². The van der Waals surface area contributed by atoms with Crippen molar-refractivity contribution in [2.45, 2.75) is 0 Å². The predicted octanol–water partition coefficient (Wildman–Crippen LogP) is -0.639. The van der Waals surface area contributed by atoms with Crippen LogP contribution in [0.4, 0.5) is 11.6 Å². The lowest BCUT2D eigenvalue weighted by atomic mass is 10.4. The van der Waals surface area contributed by atoms with Gasteiger partial charge in [0.05, 0.1) is 0 Å². The third kappa shape index (κ3) is 0.903. The van der Waals surface area contributed by atoms with E-state index in [1.54, 1.807) is 0 Å². The number of nitro groups is 2. The van der Waals surface area contributed by atoms with Crippen LogP contribution in [-0.2, 0) is 0 Å². The molecule has 0 unspecified atom stereocenters. The number of nitrogens with zero attached hydrogens (tertiary/aromatic N) is 6. The summed E-state index contributed by atoms with van der Waals surface area (Å²) in [5.74, 6) is -1.25. The average molecular weight is 196 g/mol. The van der Waals surface area contributed by atoms with Gasteiger partial charge in [-0.15, -0.1) is 10.2 Å². The SMILES string of the molecule is O=[N+]([O-])c1n[n-]c2c([N+](=O)[O-])n[n-]c12. The Morgan fingerprint density at radius 2 is 1.29 bits per heavy atom. The number of fused-ring (bicyclic) bond motifs is 1. The summed E-state index contributed by atoms with van der Waals surface area (Å²) in [5, 5.41) is 33.5. The molecule has 10 heteroatoms. The van der Waals surface area contributed by atoms with Crippen LogP contribution in [-0.4, -0.2) is 20.0 Å². The molecule has 2 aromatic heterocycles. The van der Waals surface area contributed by atoms with Crippen molar-refractivity contribution in [1.82, 2.24) is 20.4 Å². The van der Waals surface area contributed by atoms with Crippen LogP contribution in [0.5, 0.6) is 0 Å². The van der Waals surface area contributed by atoms with Crippen molar-refractivity contribution in [3.8, 4) is 0 Å². The monoisotopic (exact) mass is 196 g/mol. The Morgan fingerprint density at radius 1 is 0.929 bits per heavy atom. The van der Waals surface area contributed by atoms with Gasteiger partial charge in [0.25, 0.3) is 0 Å². The van der Waals surface area contributed by atoms with Gasteiger partial charge in [-0.2, -0.15) is 0 Å². The lowest BCUT2D eigenvalue weighted by Crippen LogP contribution is -1.92. The van der Waals surface area contributed by atoms with Crippen molar-refractivity contribution < 1.29 is 9.85 Å². The standard InChI is InChI=1S/C4N6O4/c11-9(12)3-1-2(6-7-3)4(8-5-1)10(13)14/q-2. The molecule has 72 valence electrons. The maximum absolute atomic E-state index is 10.3. The van der Waals surface area contributed by atoms with Crippen LogP contribution >= 0.6 is 0 Å². The van der Waals surface area contributed by atoms with Gasteiger partial charge in [0.2, 0.25) is 0 Å². The average Bonchev–Trinajstić information content (AvgIpc) is 2.59. The maximum Gasteiger partial charge on any atom is 0.335 e. The first-order valence-corrected chi connectivity index (χ1v) is 3.22. The topological polar surface area (TPSA) is 140 Å². The molecule has 0 radical (unpaired) electrons. The normalized spacial score (nSPS) is 10.6. The second-order valence-corrected chi connectivity index (χ2v) is 2.26. The third-order valence-corrected chi connectivity index (χ3v) is 1.48. The van der Waals surface area contributed by atoms with E-state index in [0.29, 0.717) is 0 Å². The van der Waals surface area contributed by atoms with E-state index in [1.165, 1.54) is 0 Å². The minimum atomic E-state index is -0.826. The van der Waals surface area contributed by atoms with Gasteiger partial charge < -0.3 is 30.4 Å². The fraction of sp³-hybridized carbons (Fsp3) is 0. The predicted molar refractivity (Wildman–Crippen MR) is 39.5 cm³/mol. The van der Waals surface area contributed by atoms with Crippen LogP contribution < -0.4 is 10.2 Å². The molecule has 0 aromatic carbocycles. The molecule has 0 N–H and O–H groups in total. The van der Waals surface area contributed by atoms with Crippen LogP contribution in [0.25, 0.3) is 11.0 Å². The fourth-order valence-electron chi connectivity index (χ4n) is 0.931. The highest BCUT2D eigenvalue weighted by Crippen LogP contribution is 2.24. The first-order chi connectivity index (χ1) is 6.61. The van der Waals surface area contributed by atoms with Gasteiger partial charge in [-0.1, -0.05) is 0 Å². The Balaban J connectivity index is 2.73. The summed E-state index contributed by atoms with van der Waals surface area (Å²) in [6.07, 6.45) is 0. The zero-order valence-electron chi connectivity index (χ0n) is 6.32. The third-order valence-electron chi connectivity index (χ3n) is 1.48. The van der Waals surface area contributed by atoms with Crippen LogP contribution in [0.2, 0.25) is 0 Å². The summed E-state index contributed by atoms with van der Waals surface area (Å²) < 4.78 is 0. The first kappa shape index (κ1) is 8.10. The molecular weight excluding hydrogens is 196 g/mol. The Labute approximate surface area is 74.2 Å². The van der Waals surface area contributed by atoms with Crippen molar-refractivity contribution in [2.24, 2.45) is 0 Å². The van der Waals surface area contributed by atoms with Crippen LogP contribution in [0.15, 0.2) is 0 Å². The van der Waals surface area contributed by atoms with E-state index in [-0.39, 0.29) is 11.0 Å². The second-order valence-electron chi connectivity index (χ2n) is 2.26. The lowest BCUT2D eigenvalue weighted by Gasteiger charge is -1.90. The summed E-state index contributed by atoms with van der Waals surface area (Å²) >= 11 is 0. The molecule has 10 nitrogen and oxygen atoms in total. The number of aromatic nitrogens is 4. The molecule has 0 amide bonds. The zero-order valence-corrected chi connectivity index (χ0v) is 6.32. The first-order valence-electron chi connectivity index (χ1n) is 3.22. The molecule has 0 aliphatic rings. The van der Waals surface area contributed by atoms with Crippen molar-refractivity contribution in [1.29, 1.82) is 0 Å². The fourth-order valence-corrected chi connectivity index (χ4v) is 0.931. The summed E-state index contributed by atoms with van der Waals surface area (Å²) in [4.78, 5) is 19.0. The largest absolute Gasteiger partial charge is 0.448 e. The molecule has 2 aromatic rings. The van der Waals surface area contributed by atoms with Crippen molar-refractivity contribution >= 4 is 22.7 Å². The van der Waals surface area contributed by atoms with Gasteiger partial charge in [0, 0.05) is 0 Å². The van der Waals surface area contributed by atoms with E-state index in [4.69, 9.17) is 0 Å². The minimum absolute atomic E-state index is 0.262. The van der Waals surface area contributed by atoms with E-state index in [9.17, 15) is 20.2 Å². The molecule has 0 bridgehead atoms. The number of hydrogen-bond donors (Lipinski definition) is 0. The second kappa shape index (κ2) is 2.48. The smallest absolute Gasteiger partial charge is 0.335 e. The maximum atomic E-state index is 10.3. The highest BCUT2D eigenvalue weighted by molar-refractivity contribution is 5.87. The molecule has 2 rings (SSSR count). The summed E-state index contributed by atoms with van der Waals surface area (Å²) in [7, 11) is 0. The molecular formula is C4N6O4-2. The molecule has 0 aliphatic heterocycles. The van der Waals surface area contributed by atoms with Gasteiger partial charge in [-0.25, -0.2) is 0 Å². The molecule has 14 heavy (non-hydrogen) atoms. The van der Waals surface area contributed by atoms with Gasteiger partial charge in [0.1, 0.15) is 0 Å². The van der Waals surface area contributed by atoms with E-state index >= 15 is 0 Å². The highest BCUT2D eigenvalue weighted by atomic mass is 16.6. The van der Waals surface area contributed by atoms with E-state index in [0.717, 1.165) is 0 Å². The van der Waals surface area contributed by atoms with E-state index in [2.05, 4.69) is 20.4 Å². The van der Waals surface area contributed by atoms with Gasteiger partial charge >= 0.3 is 11.6 Å². The Kier molecular flexibility index (Phi) is 1.44. The molecule has 0 saturated heterocycles. The van der Waals surface area contributed by atoms with Crippen molar-refractivity contribution in [3.05, 3.63) is 20.2 Å². The van der Waals surface area contributed by atoms with Crippen LogP contribution in [0.1, 0.15) is 0 Å². The summed E-state index contributed by atoms with van der Waals surface area (Å²) in [5.41, 5.74) is -0.525. The molecule has 0 spiro atoms. The minimum Gasteiger partial charge on any atom is -0.448 e. The Morgan fingerprint density at radius 3 is 1.57 bits per heavy atom. The van der Waals surface area contributed by atoms with Crippen LogP contribution in [0, 0.1) is 20.2 Å². The van der Waals surface area contributed by atoms with E-state index in [1.807, 2.05) is 0 Å². The quantitative estimate of drug-likeness (QED) is 0.456. The van der Waals surface area contributed by atoms with E-state index < -0.39 is 21.5 Å². The molecule has 0 aliphatic carbocycles. The molecule has 0 atom stereocenters. The molecule has 0 fully saturated rings. The Bertz CT molecular complexity index is 477. The molecule has 2 heterocycles. The van der Waals surface area contributed by atoms with Gasteiger partial charge in [0.15, 0.2) is 0 Å². The Hall–Kier alpha value is -2.52. The number of hydrogen-bond acceptors (Lipinski definition) is 6.